The molecule has 0 radical (unpaired) electrons. The van der Waals surface area contributed by atoms with E-state index in [-0.39, 0.29) is 0 Å². The van der Waals surface area contributed by atoms with Crippen LogP contribution in [0.15, 0.2) is 53.9 Å². The van der Waals surface area contributed by atoms with E-state index < -0.39 is 11.7 Å². The largest absolute Gasteiger partial charge is 0.497 e. The van der Waals surface area contributed by atoms with Crippen molar-refractivity contribution in [1.82, 2.24) is 4.98 Å². The maximum atomic E-state index is 12.8. The van der Waals surface area contributed by atoms with E-state index in [0.717, 1.165) is 28.1 Å². The van der Waals surface area contributed by atoms with Gasteiger partial charge in [-0.05, 0) is 23.8 Å². The quantitative estimate of drug-likeness (QED) is 0.627. The minimum absolute atomic E-state index is 0.374. The van der Waals surface area contributed by atoms with Crippen LogP contribution in [0.3, 0.4) is 0 Å². The molecule has 0 unspecified atom stereocenters. The number of ether oxygens (including phenoxy) is 1. The lowest BCUT2D eigenvalue weighted by molar-refractivity contribution is -0.137. The van der Waals surface area contributed by atoms with Crippen LogP contribution >= 0.6 is 11.3 Å². The van der Waals surface area contributed by atoms with Crippen LogP contribution in [0.25, 0.3) is 11.3 Å². The molecule has 24 heavy (non-hydrogen) atoms. The Bertz CT molecular complexity index is 842. The number of halogens is 3. The third-order valence-corrected chi connectivity index (χ3v) is 4.38. The molecule has 2 aromatic carbocycles. The highest BCUT2D eigenvalue weighted by Gasteiger charge is 2.30. The molecule has 2 nitrogen and oxygen atoms in total. The van der Waals surface area contributed by atoms with Crippen molar-refractivity contribution in [2.45, 2.75) is 12.6 Å². The summed E-state index contributed by atoms with van der Waals surface area (Å²) < 4.78 is 43.5. The lowest BCUT2D eigenvalue weighted by Gasteiger charge is -2.07. The lowest BCUT2D eigenvalue weighted by Crippen LogP contribution is -2.05. The fraction of sp³-hybridized carbons (Fsp3) is 0.167. The Morgan fingerprint density at radius 3 is 2.62 bits per heavy atom. The van der Waals surface area contributed by atoms with Crippen molar-refractivity contribution in [3.05, 3.63) is 70.0 Å². The first kappa shape index (κ1) is 16.5. The van der Waals surface area contributed by atoms with Gasteiger partial charge in [0.1, 0.15) is 5.75 Å². The summed E-state index contributed by atoms with van der Waals surface area (Å²) in [6.45, 7) is 0. The topological polar surface area (TPSA) is 22.1 Å². The van der Waals surface area contributed by atoms with Crippen LogP contribution in [0.4, 0.5) is 13.2 Å². The summed E-state index contributed by atoms with van der Waals surface area (Å²) in [5.41, 5.74) is 1.67. The van der Waals surface area contributed by atoms with Crippen LogP contribution in [-0.4, -0.2) is 12.1 Å². The molecule has 0 N–H and O–H groups in total. The maximum Gasteiger partial charge on any atom is 0.416 e. The van der Waals surface area contributed by atoms with Gasteiger partial charge in [-0.25, -0.2) is 4.98 Å². The molecule has 1 aromatic heterocycles. The Hall–Kier alpha value is -2.34. The number of rotatable bonds is 4. The Kier molecular flexibility index (Phi) is 4.57. The summed E-state index contributed by atoms with van der Waals surface area (Å²) in [4.78, 5) is 4.52. The Balaban J connectivity index is 1.81. The summed E-state index contributed by atoms with van der Waals surface area (Å²) in [6.07, 6.45) is -3.96. The molecule has 0 aliphatic carbocycles. The lowest BCUT2D eigenvalue weighted by atomic mass is 10.1. The first-order valence-corrected chi connectivity index (χ1v) is 8.08. The SMILES string of the molecule is COc1cccc(-c2csc(Cc3cccc(C(F)(F)F)c3)n2)c1. The van der Waals surface area contributed by atoms with Crippen LogP contribution in [0.1, 0.15) is 16.1 Å². The number of hydrogen-bond acceptors (Lipinski definition) is 3. The third kappa shape index (κ3) is 3.76. The smallest absolute Gasteiger partial charge is 0.416 e. The molecule has 1 heterocycles. The molecule has 3 aromatic rings. The Morgan fingerprint density at radius 1 is 1.08 bits per heavy atom. The molecule has 0 atom stereocenters. The number of methoxy groups -OCH3 is 1. The van der Waals surface area contributed by atoms with E-state index in [1.165, 1.54) is 23.5 Å². The van der Waals surface area contributed by atoms with Gasteiger partial charge in [-0.2, -0.15) is 13.2 Å². The molecule has 6 heteroatoms. The molecule has 0 bridgehead atoms. The molecule has 0 saturated carbocycles. The van der Waals surface area contributed by atoms with E-state index in [9.17, 15) is 13.2 Å². The summed E-state index contributed by atoms with van der Waals surface area (Å²) in [5, 5.41) is 2.67. The maximum absolute atomic E-state index is 12.8. The van der Waals surface area contributed by atoms with Gasteiger partial charge >= 0.3 is 6.18 Å². The number of thiazole rings is 1. The molecule has 0 aliphatic heterocycles. The first-order chi connectivity index (χ1) is 11.5. The normalized spacial score (nSPS) is 11.5. The van der Waals surface area contributed by atoms with E-state index in [0.29, 0.717) is 12.0 Å². The highest BCUT2D eigenvalue weighted by molar-refractivity contribution is 7.10. The van der Waals surface area contributed by atoms with Crippen LogP contribution in [-0.2, 0) is 12.6 Å². The molecule has 0 fully saturated rings. The monoisotopic (exact) mass is 349 g/mol. The van der Waals surface area contributed by atoms with Crippen molar-refractivity contribution in [2.75, 3.05) is 7.11 Å². The predicted molar refractivity (Wildman–Crippen MR) is 88.4 cm³/mol. The predicted octanol–water partition coefficient (Wildman–Crippen LogP) is 5.43. The molecular weight excluding hydrogens is 335 g/mol. The number of nitrogens with zero attached hydrogens (tertiary/aromatic N) is 1. The van der Waals surface area contributed by atoms with Gasteiger partial charge in [0.15, 0.2) is 0 Å². The fourth-order valence-electron chi connectivity index (χ4n) is 2.34. The summed E-state index contributed by atoms with van der Waals surface area (Å²) in [7, 11) is 1.60. The number of aromatic nitrogens is 1. The van der Waals surface area contributed by atoms with E-state index >= 15 is 0 Å². The summed E-state index contributed by atoms with van der Waals surface area (Å²) >= 11 is 1.43. The molecule has 0 spiro atoms. The van der Waals surface area contributed by atoms with Crippen LogP contribution in [0, 0.1) is 0 Å². The average Bonchev–Trinajstić information content (AvgIpc) is 3.03. The van der Waals surface area contributed by atoms with E-state index in [2.05, 4.69) is 4.98 Å². The standard InChI is InChI=1S/C18H14F3NOS/c1-23-15-7-3-5-13(10-15)16-11-24-17(22-16)9-12-4-2-6-14(8-12)18(19,20)21/h2-8,10-11H,9H2,1H3. The molecule has 0 aliphatic rings. The van der Waals surface area contributed by atoms with E-state index in [1.807, 2.05) is 29.6 Å². The second kappa shape index (κ2) is 6.65. The average molecular weight is 349 g/mol. The summed E-state index contributed by atoms with van der Waals surface area (Å²) in [6, 6.07) is 12.9. The molecular formula is C18H14F3NOS. The highest BCUT2D eigenvalue weighted by atomic mass is 32.1. The first-order valence-electron chi connectivity index (χ1n) is 7.20. The van der Waals surface area contributed by atoms with Gasteiger partial charge in [-0.1, -0.05) is 30.3 Å². The van der Waals surface area contributed by atoms with Gasteiger partial charge in [0.25, 0.3) is 0 Å². The van der Waals surface area contributed by atoms with Gasteiger partial charge in [0.05, 0.1) is 23.4 Å². The number of benzene rings is 2. The zero-order valence-corrected chi connectivity index (χ0v) is 13.6. The highest BCUT2D eigenvalue weighted by Crippen LogP contribution is 2.31. The molecule has 124 valence electrons. The van der Waals surface area contributed by atoms with Crippen LogP contribution in [0.2, 0.25) is 0 Å². The second-order valence-electron chi connectivity index (χ2n) is 5.23. The third-order valence-electron chi connectivity index (χ3n) is 3.53. The molecule has 0 amide bonds. The van der Waals surface area contributed by atoms with Crippen molar-refractivity contribution in [2.24, 2.45) is 0 Å². The van der Waals surface area contributed by atoms with Gasteiger partial charge in [-0.15, -0.1) is 11.3 Å². The van der Waals surface area contributed by atoms with Gasteiger partial charge < -0.3 is 4.74 Å². The minimum Gasteiger partial charge on any atom is -0.497 e. The zero-order chi connectivity index (χ0) is 17.2. The molecule has 0 saturated heterocycles. The van der Waals surface area contributed by atoms with Gasteiger partial charge in [0.2, 0.25) is 0 Å². The van der Waals surface area contributed by atoms with E-state index in [1.54, 1.807) is 13.2 Å². The van der Waals surface area contributed by atoms with Crippen molar-refractivity contribution in [3.8, 4) is 17.0 Å². The van der Waals surface area contributed by atoms with Crippen molar-refractivity contribution in [3.63, 3.8) is 0 Å². The fourth-order valence-corrected chi connectivity index (χ4v) is 3.18. The Morgan fingerprint density at radius 2 is 1.88 bits per heavy atom. The number of alkyl halides is 3. The van der Waals surface area contributed by atoms with Crippen molar-refractivity contribution >= 4 is 11.3 Å². The number of hydrogen-bond donors (Lipinski definition) is 0. The Labute approximate surface area is 141 Å². The van der Waals surface area contributed by atoms with Crippen LogP contribution in [0.5, 0.6) is 5.75 Å². The van der Waals surface area contributed by atoms with Gasteiger partial charge in [0, 0.05) is 17.4 Å². The van der Waals surface area contributed by atoms with Crippen molar-refractivity contribution < 1.29 is 17.9 Å². The minimum atomic E-state index is -4.33. The zero-order valence-electron chi connectivity index (χ0n) is 12.8. The van der Waals surface area contributed by atoms with Crippen LogP contribution < -0.4 is 4.74 Å². The summed E-state index contributed by atoms with van der Waals surface area (Å²) in [5.74, 6) is 0.736. The second-order valence-corrected chi connectivity index (χ2v) is 6.18. The van der Waals surface area contributed by atoms with Gasteiger partial charge in [-0.3, -0.25) is 0 Å². The molecule has 3 rings (SSSR count). The van der Waals surface area contributed by atoms with Crippen molar-refractivity contribution in [1.29, 1.82) is 0 Å². The van der Waals surface area contributed by atoms with E-state index in [4.69, 9.17) is 4.74 Å².